The van der Waals surface area contributed by atoms with Crippen LogP contribution in [0.1, 0.15) is 30.1 Å². The maximum absolute atomic E-state index is 13.1. The number of pyridine rings is 1. The van der Waals surface area contributed by atoms with Crippen molar-refractivity contribution in [2.45, 2.75) is 26.3 Å². The number of amides is 1. The molecule has 166 valence electrons. The third kappa shape index (κ3) is 4.16. The molecule has 0 fully saturated rings. The van der Waals surface area contributed by atoms with E-state index in [4.69, 9.17) is 19.2 Å². The van der Waals surface area contributed by atoms with Gasteiger partial charge < -0.3 is 19.5 Å². The molecule has 1 N–H and O–H groups in total. The van der Waals surface area contributed by atoms with Crippen molar-refractivity contribution in [1.29, 1.82) is 0 Å². The first-order valence-electron chi connectivity index (χ1n) is 10.5. The van der Waals surface area contributed by atoms with Gasteiger partial charge in [-0.2, -0.15) is 5.10 Å². The molecular formula is C24H26N4O4. The zero-order valence-electron chi connectivity index (χ0n) is 18.6. The molecule has 4 aromatic rings. The van der Waals surface area contributed by atoms with Crippen LogP contribution in [0, 0.1) is 0 Å². The molecule has 0 saturated carbocycles. The van der Waals surface area contributed by atoms with E-state index in [0.717, 1.165) is 40.5 Å². The van der Waals surface area contributed by atoms with Crippen LogP contribution in [0.5, 0.6) is 17.2 Å². The summed E-state index contributed by atoms with van der Waals surface area (Å²) in [4.78, 5) is 17.9. The number of hydrogen-bond donors (Lipinski definition) is 1. The highest BCUT2D eigenvalue weighted by atomic mass is 16.5. The Bertz CT molecular complexity index is 1260. The molecular weight excluding hydrogens is 408 g/mol. The number of aryl methyl sites for hydroxylation is 1. The number of methoxy groups -OCH3 is 3. The number of unbranched alkanes of at least 4 members (excludes halogenated alkanes) is 1. The van der Waals surface area contributed by atoms with Crippen LogP contribution in [0.4, 0.5) is 5.82 Å². The lowest BCUT2D eigenvalue weighted by molar-refractivity contribution is 0.102. The first-order valence-corrected chi connectivity index (χ1v) is 10.5. The summed E-state index contributed by atoms with van der Waals surface area (Å²) in [7, 11) is 4.72. The van der Waals surface area contributed by atoms with Gasteiger partial charge in [-0.3, -0.25) is 4.79 Å². The normalized spacial score (nSPS) is 11.0. The first kappa shape index (κ1) is 21.4. The number of hydrogen-bond acceptors (Lipinski definition) is 6. The predicted molar refractivity (Wildman–Crippen MR) is 124 cm³/mol. The maximum Gasteiger partial charge on any atom is 0.257 e. The topological polar surface area (TPSA) is 87.5 Å². The van der Waals surface area contributed by atoms with Crippen LogP contribution in [0.25, 0.3) is 21.9 Å². The van der Waals surface area contributed by atoms with Gasteiger partial charge >= 0.3 is 0 Å². The summed E-state index contributed by atoms with van der Waals surface area (Å²) < 4.78 is 17.8. The molecule has 2 aromatic heterocycles. The minimum Gasteiger partial charge on any atom is -0.497 e. The lowest BCUT2D eigenvalue weighted by Gasteiger charge is -2.08. The van der Waals surface area contributed by atoms with Crippen molar-refractivity contribution in [2.75, 3.05) is 26.6 Å². The third-order valence-corrected chi connectivity index (χ3v) is 5.29. The summed E-state index contributed by atoms with van der Waals surface area (Å²) in [5.74, 6) is 1.96. The standard InChI is InChI=1S/C24H26N4O4/c1-5-6-9-28-23-20(13-15-10-17(30-2)7-8-21(15)25-23)22(27-28)26-24(29)16-11-18(31-3)14-19(12-16)32-4/h7-8,10-14H,5-6,9H2,1-4H3,(H,26,27,29). The Labute approximate surface area is 186 Å². The van der Waals surface area contributed by atoms with E-state index in [1.165, 1.54) is 0 Å². The zero-order chi connectivity index (χ0) is 22.7. The van der Waals surface area contributed by atoms with Crippen LogP contribution >= 0.6 is 0 Å². The summed E-state index contributed by atoms with van der Waals surface area (Å²) in [6.45, 7) is 2.84. The molecule has 8 nitrogen and oxygen atoms in total. The summed E-state index contributed by atoms with van der Waals surface area (Å²) in [6, 6.07) is 12.7. The SMILES string of the molecule is CCCCn1nc(NC(=O)c2cc(OC)cc(OC)c2)c2cc3cc(OC)ccc3nc21. The van der Waals surface area contributed by atoms with E-state index in [1.54, 1.807) is 39.5 Å². The second kappa shape index (κ2) is 9.13. The largest absolute Gasteiger partial charge is 0.497 e. The van der Waals surface area contributed by atoms with Gasteiger partial charge in [0, 0.05) is 23.6 Å². The highest BCUT2D eigenvalue weighted by Gasteiger charge is 2.18. The highest BCUT2D eigenvalue weighted by Crippen LogP contribution is 2.29. The Kier molecular flexibility index (Phi) is 6.11. The monoisotopic (exact) mass is 434 g/mol. The summed E-state index contributed by atoms with van der Waals surface area (Å²) >= 11 is 0. The molecule has 0 unspecified atom stereocenters. The maximum atomic E-state index is 13.1. The van der Waals surface area contributed by atoms with Gasteiger partial charge in [-0.15, -0.1) is 0 Å². The number of ether oxygens (including phenoxy) is 3. The van der Waals surface area contributed by atoms with Gasteiger partial charge in [-0.05, 0) is 42.8 Å². The molecule has 1 amide bonds. The minimum absolute atomic E-state index is 0.310. The molecule has 2 aromatic carbocycles. The molecule has 0 aliphatic carbocycles. The van der Waals surface area contributed by atoms with E-state index < -0.39 is 0 Å². The van der Waals surface area contributed by atoms with Crippen LogP contribution < -0.4 is 19.5 Å². The average molecular weight is 434 g/mol. The number of nitrogens with zero attached hydrogens (tertiary/aromatic N) is 3. The summed E-state index contributed by atoms with van der Waals surface area (Å²) in [5.41, 5.74) is 1.98. The number of carbonyl (C=O) groups is 1. The first-order chi connectivity index (χ1) is 15.6. The number of aromatic nitrogens is 3. The van der Waals surface area contributed by atoms with Crippen molar-refractivity contribution in [3.05, 3.63) is 48.0 Å². The Morgan fingerprint density at radius 3 is 2.34 bits per heavy atom. The molecule has 0 spiro atoms. The number of benzene rings is 2. The van der Waals surface area contributed by atoms with Gasteiger partial charge in [-0.1, -0.05) is 13.3 Å². The fourth-order valence-electron chi connectivity index (χ4n) is 3.54. The average Bonchev–Trinajstić information content (AvgIpc) is 3.16. The minimum atomic E-state index is -0.310. The van der Waals surface area contributed by atoms with Crippen LogP contribution in [0.15, 0.2) is 42.5 Å². The van der Waals surface area contributed by atoms with E-state index in [-0.39, 0.29) is 5.91 Å². The van der Waals surface area contributed by atoms with E-state index in [1.807, 2.05) is 28.9 Å². The Morgan fingerprint density at radius 1 is 0.969 bits per heavy atom. The number of fused-ring (bicyclic) bond motifs is 2. The van der Waals surface area contributed by atoms with Crippen LogP contribution in [0.2, 0.25) is 0 Å². The quantitative estimate of drug-likeness (QED) is 0.434. The number of anilines is 1. The Balaban J connectivity index is 1.78. The van der Waals surface area contributed by atoms with Crippen molar-refractivity contribution in [1.82, 2.24) is 14.8 Å². The molecule has 0 saturated heterocycles. The van der Waals surface area contributed by atoms with Crippen LogP contribution in [-0.2, 0) is 6.54 Å². The number of rotatable bonds is 8. The van der Waals surface area contributed by atoms with E-state index in [2.05, 4.69) is 17.3 Å². The van der Waals surface area contributed by atoms with Gasteiger partial charge in [0.1, 0.15) is 17.2 Å². The molecule has 0 aliphatic heterocycles. The fraction of sp³-hybridized carbons (Fsp3) is 0.292. The van der Waals surface area contributed by atoms with Crippen molar-refractivity contribution in [2.24, 2.45) is 0 Å². The fourth-order valence-corrected chi connectivity index (χ4v) is 3.54. The van der Waals surface area contributed by atoms with Gasteiger partial charge in [0.05, 0.1) is 32.2 Å². The van der Waals surface area contributed by atoms with Crippen molar-refractivity contribution >= 4 is 33.7 Å². The summed E-state index contributed by atoms with van der Waals surface area (Å²) in [5, 5.41) is 9.29. The number of carbonyl (C=O) groups excluding carboxylic acids is 1. The molecule has 0 bridgehead atoms. The lowest BCUT2D eigenvalue weighted by Crippen LogP contribution is -2.13. The van der Waals surface area contributed by atoms with E-state index in [0.29, 0.717) is 29.4 Å². The van der Waals surface area contributed by atoms with Gasteiger partial charge in [0.2, 0.25) is 0 Å². The molecule has 0 radical (unpaired) electrons. The van der Waals surface area contributed by atoms with Crippen molar-refractivity contribution < 1.29 is 19.0 Å². The third-order valence-electron chi connectivity index (χ3n) is 5.29. The second-order valence-corrected chi connectivity index (χ2v) is 7.40. The van der Waals surface area contributed by atoms with Crippen LogP contribution in [-0.4, -0.2) is 42.0 Å². The Morgan fingerprint density at radius 2 is 1.69 bits per heavy atom. The van der Waals surface area contributed by atoms with Crippen LogP contribution in [0.3, 0.4) is 0 Å². The lowest BCUT2D eigenvalue weighted by atomic mass is 10.1. The van der Waals surface area contributed by atoms with Gasteiger partial charge in [0.25, 0.3) is 5.91 Å². The smallest absolute Gasteiger partial charge is 0.257 e. The highest BCUT2D eigenvalue weighted by molar-refractivity contribution is 6.09. The molecule has 0 aliphatic rings. The van der Waals surface area contributed by atoms with E-state index >= 15 is 0 Å². The van der Waals surface area contributed by atoms with E-state index in [9.17, 15) is 4.79 Å². The predicted octanol–water partition coefficient (Wildman–Crippen LogP) is 4.66. The molecule has 0 atom stereocenters. The zero-order valence-corrected chi connectivity index (χ0v) is 18.6. The van der Waals surface area contributed by atoms with Crippen molar-refractivity contribution in [3.8, 4) is 17.2 Å². The molecule has 32 heavy (non-hydrogen) atoms. The number of nitrogens with one attached hydrogen (secondary N) is 1. The molecule has 8 heteroatoms. The molecule has 2 heterocycles. The molecule has 4 rings (SSSR count). The van der Waals surface area contributed by atoms with Gasteiger partial charge in [0.15, 0.2) is 11.5 Å². The summed E-state index contributed by atoms with van der Waals surface area (Å²) in [6.07, 6.45) is 1.98. The second-order valence-electron chi connectivity index (χ2n) is 7.40. The van der Waals surface area contributed by atoms with Gasteiger partial charge in [-0.25, -0.2) is 9.67 Å². The Hall–Kier alpha value is -3.81. The van der Waals surface area contributed by atoms with Crippen molar-refractivity contribution in [3.63, 3.8) is 0 Å².